The molecule has 0 radical (unpaired) electrons. The van der Waals surface area contributed by atoms with Crippen molar-refractivity contribution < 1.29 is 14.7 Å². The highest BCUT2D eigenvalue weighted by Crippen LogP contribution is 2.14. The summed E-state index contributed by atoms with van der Waals surface area (Å²) in [4.78, 5) is 25.8. The fraction of sp³-hybridized carbons (Fsp3) is 0.467. The molecule has 21 heavy (non-hydrogen) atoms. The molecule has 114 valence electrons. The summed E-state index contributed by atoms with van der Waals surface area (Å²) >= 11 is 0. The number of amides is 2. The van der Waals surface area contributed by atoms with Gasteiger partial charge < -0.3 is 21.1 Å². The first-order chi connectivity index (χ1) is 10.0. The number of phenols is 1. The molecule has 1 fully saturated rings. The van der Waals surface area contributed by atoms with Gasteiger partial charge in [-0.25, -0.2) is 0 Å². The van der Waals surface area contributed by atoms with Crippen LogP contribution in [0.5, 0.6) is 5.75 Å². The molecule has 4 N–H and O–H groups in total. The number of phenolic OH excluding ortho intramolecular Hbond substituents is 1. The maximum atomic E-state index is 12.5. The Morgan fingerprint density at radius 3 is 2.76 bits per heavy atom. The smallest absolute Gasteiger partial charge is 0.242 e. The van der Waals surface area contributed by atoms with E-state index in [1.54, 1.807) is 29.2 Å². The molecule has 6 heteroatoms. The number of hydrogen-bond donors (Lipinski definition) is 3. The zero-order chi connectivity index (χ0) is 15.4. The highest BCUT2D eigenvalue weighted by Gasteiger charge is 2.33. The van der Waals surface area contributed by atoms with Crippen molar-refractivity contribution in [2.75, 3.05) is 13.1 Å². The summed E-state index contributed by atoms with van der Waals surface area (Å²) in [6, 6.07) is 5.49. The summed E-state index contributed by atoms with van der Waals surface area (Å²) in [5.41, 5.74) is 6.87. The van der Waals surface area contributed by atoms with Gasteiger partial charge in [0, 0.05) is 13.1 Å². The molecule has 1 aliphatic rings. The first-order valence-corrected chi connectivity index (χ1v) is 7.14. The third kappa shape index (κ3) is 3.52. The number of carbonyl (C=O) groups is 2. The summed E-state index contributed by atoms with van der Waals surface area (Å²) in [6.45, 7) is 2.83. The van der Waals surface area contributed by atoms with Crippen molar-refractivity contribution in [3.63, 3.8) is 0 Å². The molecule has 1 aliphatic heterocycles. The lowest BCUT2D eigenvalue weighted by Gasteiger charge is -2.36. The van der Waals surface area contributed by atoms with Gasteiger partial charge in [-0.05, 0) is 30.5 Å². The molecule has 1 saturated heterocycles. The molecule has 0 bridgehead atoms. The summed E-state index contributed by atoms with van der Waals surface area (Å²) in [5, 5.41) is 12.0. The minimum absolute atomic E-state index is 0.117. The van der Waals surface area contributed by atoms with E-state index < -0.39 is 12.1 Å². The molecule has 0 aliphatic carbocycles. The van der Waals surface area contributed by atoms with E-state index in [1.165, 1.54) is 0 Å². The number of nitrogens with one attached hydrogen (secondary N) is 1. The van der Waals surface area contributed by atoms with Crippen molar-refractivity contribution in [3.05, 3.63) is 29.8 Å². The Morgan fingerprint density at radius 2 is 2.14 bits per heavy atom. The molecule has 1 aromatic rings. The van der Waals surface area contributed by atoms with Gasteiger partial charge in [0.25, 0.3) is 0 Å². The van der Waals surface area contributed by atoms with Gasteiger partial charge >= 0.3 is 0 Å². The topological polar surface area (TPSA) is 95.7 Å². The third-order valence-corrected chi connectivity index (χ3v) is 3.71. The average molecular weight is 291 g/mol. The Balaban J connectivity index is 2.04. The van der Waals surface area contributed by atoms with E-state index in [0.717, 1.165) is 5.56 Å². The predicted octanol–water partition coefficient (Wildman–Crippen LogP) is -0.001000. The second kappa shape index (κ2) is 6.58. The maximum absolute atomic E-state index is 12.5. The molecule has 1 aromatic carbocycles. The number of nitrogens with two attached hydrogens (primary N) is 1. The SMILES string of the molecule is CCC1C(=O)NCCN1C(=O)[C@H](N)Cc1ccc(O)cc1. The van der Waals surface area contributed by atoms with E-state index in [0.29, 0.717) is 25.9 Å². The summed E-state index contributed by atoms with van der Waals surface area (Å²) in [7, 11) is 0. The van der Waals surface area contributed by atoms with E-state index in [1.807, 2.05) is 6.92 Å². The van der Waals surface area contributed by atoms with Gasteiger partial charge in [0.2, 0.25) is 11.8 Å². The Morgan fingerprint density at radius 1 is 1.48 bits per heavy atom. The number of piperazine rings is 1. The van der Waals surface area contributed by atoms with E-state index in [9.17, 15) is 14.7 Å². The van der Waals surface area contributed by atoms with Crippen LogP contribution < -0.4 is 11.1 Å². The predicted molar refractivity (Wildman–Crippen MR) is 78.6 cm³/mol. The van der Waals surface area contributed by atoms with Gasteiger partial charge in [0.15, 0.2) is 0 Å². The van der Waals surface area contributed by atoms with Crippen LogP contribution in [0.25, 0.3) is 0 Å². The number of hydrogen-bond acceptors (Lipinski definition) is 4. The van der Waals surface area contributed by atoms with Crippen molar-refractivity contribution in [1.29, 1.82) is 0 Å². The van der Waals surface area contributed by atoms with Gasteiger partial charge in [-0.2, -0.15) is 0 Å². The molecule has 0 spiro atoms. The summed E-state index contributed by atoms with van der Waals surface area (Å²) in [5.74, 6) is -0.142. The molecule has 1 unspecified atom stereocenters. The fourth-order valence-electron chi connectivity index (χ4n) is 2.57. The molecule has 2 amide bonds. The Labute approximate surface area is 123 Å². The lowest BCUT2D eigenvalue weighted by atomic mass is 10.0. The van der Waals surface area contributed by atoms with Crippen LogP contribution in [0, 0.1) is 0 Å². The zero-order valence-corrected chi connectivity index (χ0v) is 12.1. The molecule has 0 saturated carbocycles. The second-order valence-corrected chi connectivity index (χ2v) is 5.22. The summed E-state index contributed by atoms with van der Waals surface area (Å²) in [6.07, 6.45) is 0.956. The summed E-state index contributed by atoms with van der Waals surface area (Å²) < 4.78 is 0. The van der Waals surface area contributed by atoms with Crippen LogP contribution in [-0.2, 0) is 16.0 Å². The molecule has 0 aromatic heterocycles. The van der Waals surface area contributed by atoms with Gasteiger partial charge in [-0.3, -0.25) is 9.59 Å². The molecular formula is C15H21N3O3. The second-order valence-electron chi connectivity index (χ2n) is 5.22. The van der Waals surface area contributed by atoms with E-state index in [-0.39, 0.29) is 17.6 Å². The standard InChI is InChI=1S/C15H21N3O3/c1-2-13-14(20)17-7-8-18(13)15(21)12(16)9-10-3-5-11(19)6-4-10/h3-6,12-13,19H,2,7-9,16H2,1H3,(H,17,20)/t12-,13?/m1/s1. The van der Waals surface area contributed by atoms with Crippen molar-refractivity contribution in [3.8, 4) is 5.75 Å². The number of carbonyl (C=O) groups excluding carboxylic acids is 2. The number of benzene rings is 1. The average Bonchev–Trinajstić information content (AvgIpc) is 2.48. The van der Waals surface area contributed by atoms with E-state index in [4.69, 9.17) is 5.73 Å². The monoisotopic (exact) mass is 291 g/mol. The van der Waals surface area contributed by atoms with Crippen LogP contribution in [-0.4, -0.2) is 47.0 Å². The third-order valence-electron chi connectivity index (χ3n) is 3.71. The van der Waals surface area contributed by atoms with Crippen LogP contribution >= 0.6 is 0 Å². The lowest BCUT2D eigenvalue weighted by molar-refractivity contribution is -0.144. The van der Waals surface area contributed by atoms with Crippen molar-refractivity contribution in [2.24, 2.45) is 5.73 Å². The van der Waals surface area contributed by atoms with E-state index >= 15 is 0 Å². The molecule has 6 nitrogen and oxygen atoms in total. The normalized spacial score (nSPS) is 20.0. The Bertz CT molecular complexity index is 515. The number of rotatable bonds is 4. The first-order valence-electron chi connectivity index (χ1n) is 7.14. The van der Waals surface area contributed by atoms with Crippen LogP contribution in [0.15, 0.2) is 24.3 Å². The molecule has 2 atom stereocenters. The highest BCUT2D eigenvalue weighted by atomic mass is 16.3. The molecule has 2 rings (SSSR count). The molecule has 1 heterocycles. The first kappa shape index (κ1) is 15.3. The largest absolute Gasteiger partial charge is 0.508 e. The minimum Gasteiger partial charge on any atom is -0.508 e. The zero-order valence-electron chi connectivity index (χ0n) is 12.1. The van der Waals surface area contributed by atoms with Crippen LogP contribution in [0.3, 0.4) is 0 Å². The van der Waals surface area contributed by atoms with Gasteiger partial charge in [0.1, 0.15) is 11.8 Å². The van der Waals surface area contributed by atoms with Crippen LogP contribution in [0.1, 0.15) is 18.9 Å². The van der Waals surface area contributed by atoms with Crippen molar-refractivity contribution in [2.45, 2.75) is 31.8 Å². The minimum atomic E-state index is -0.686. The Kier molecular flexibility index (Phi) is 4.80. The van der Waals surface area contributed by atoms with Gasteiger partial charge in [-0.1, -0.05) is 19.1 Å². The number of aromatic hydroxyl groups is 1. The Hall–Kier alpha value is -2.08. The van der Waals surface area contributed by atoms with Crippen molar-refractivity contribution >= 4 is 11.8 Å². The van der Waals surface area contributed by atoms with Crippen LogP contribution in [0.4, 0.5) is 0 Å². The fourth-order valence-corrected chi connectivity index (χ4v) is 2.57. The quantitative estimate of drug-likeness (QED) is 0.727. The lowest BCUT2D eigenvalue weighted by Crippen LogP contribution is -2.60. The van der Waals surface area contributed by atoms with Gasteiger partial charge in [-0.15, -0.1) is 0 Å². The van der Waals surface area contributed by atoms with Crippen LogP contribution in [0.2, 0.25) is 0 Å². The van der Waals surface area contributed by atoms with Crippen molar-refractivity contribution in [1.82, 2.24) is 10.2 Å². The molecular weight excluding hydrogens is 270 g/mol. The maximum Gasteiger partial charge on any atom is 0.242 e. The highest BCUT2D eigenvalue weighted by molar-refractivity contribution is 5.90. The number of nitrogens with zero attached hydrogens (tertiary/aromatic N) is 1. The van der Waals surface area contributed by atoms with Gasteiger partial charge in [0.05, 0.1) is 6.04 Å². The van der Waals surface area contributed by atoms with E-state index in [2.05, 4.69) is 5.32 Å².